The summed E-state index contributed by atoms with van der Waals surface area (Å²) in [5.41, 5.74) is 4.93. The molecule has 0 saturated carbocycles. The van der Waals surface area contributed by atoms with Gasteiger partial charge in [0, 0.05) is 6.54 Å². The molecule has 0 radical (unpaired) electrons. The minimum atomic E-state index is -0.683. The van der Waals surface area contributed by atoms with E-state index in [-0.39, 0.29) is 23.2 Å². The van der Waals surface area contributed by atoms with E-state index < -0.39 is 23.7 Å². The van der Waals surface area contributed by atoms with E-state index in [4.69, 9.17) is 22.1 Å². The maximum Gasteiger partial charge on any atom is 0.255 e. The lowest BCUT2D eigenvalue weighted by Gasteiger charge is -2.13. The molecule has 1 aliphatic rings. The van der Waals surface area contributed by atoms with Gasteiger partial charge in [0.15, 0.2) is 0 Å². The van der Waals surface area contributed by atoms with E-state index in [1.54, 1.807) is 0 Å². The van der Waals surface area contributed by atoms with E-state index in [1.165, 1.54) is 12.1 Å². The SMILES string of the molecule is NC(=O)[C@@H]1CC[C@H](CNC(=O)c2c(F)cccc2Cl)O1. The quantitative estimate of drug-likeness (QED) is 0.878. The molecule has 0 aromatic heterocycles. The van der Waals surface area contributed by atoms with Crippen LogP contribution in [0, 0.1) is 5.82 Å². The van der Waals surface area contributed by atoms with Crippen molar-refractivity contribution in [3.8, 4) is 0 Å². The molecule has 7 heteroatoms. The number of carbonyl (C=O) groups is 2. The third kappa shape index (κ3) is 3.26. The van der Waals surface area contributed by atoms with Gasteiger partial charge in [0.05, 0.1) is 16.7 Å². The highest BCUT2D eigenvalue weighted by atomic mass is 35.5. The van der Waals surface area contributed by atoms with Crippen LogP contribution in [0.1, 0.15) is 23.2 Å². The summed E-state index contributed by atoms with van der Waals surface area (Å²) < 4.78 is 18.9. The summed E-state index contributed by atoms with van der Waals surface area (Å²) >= 11 is 5.79. The topological polar surface area (TPSA) is 81.4 Å². The van der Waals surface area contributed by atoms with Gasteiger partial charge in [-0.2, -0.15) is 0 Å². The van der Waals surface area contributed by atoms with Crippen LogP contribution in [0.3, 0.4) is 0 Å². The number of ether oxygens (including phenoxy) is 1. The molecule has 2 amide bonds. The van der Waals surface area contributed by atoms with Gasteiger partial charge in [-0.15, -0.1) is 0 Å². The second-order valence-electron chi connectivity index (χ2n) is 4.53. The van der Waals surface area contributed by atoms with Gasteiger partial charge in [-0.05, 0) is 25.0 Å². The lowest BCUT2D eigenvalue weighted by molar-refractivity contribution is -0.128. The Morgan fingerprint density at radius 2 is 2.20 bits per heavy atom. The van der Waals surface area contributed by atoms with E-state index in [0.717, 1.165) is 6.07 Å². The molecular formula is C13H14ClFN2O3. The summed E-state index contributed by atoms with van der Waals surface area (Å²) in [6, 6.07) is 4.02. The lowest BCUT2D eigenvalue weighted by atomic mass is 10.1. The maximum absolute atomic E-state index is 13.5. The first kappa shape index (κ1) is 14.7. The van der Waals surface area contributed by atoms with Crippen molar-refractivity contribution < 1.29 is 18.7 Å². The fourth-order valence-corrected chi connectivity index (χ4v) is 2.32. The molecule has 0 unspecified atom stereocenters. The third-order valence-electron chi connectivity index (χ3n) is 3.10. The standard InChI is InChI=1S/C13H14ClFN2O3/c14-8-2-1-3-9(15)11(8)13(19)17-6-7-4-5-10(20-7)12(16)18/h1-3,7,10H,4-6H2,(H2,16,18)(H,17,19)/t7-,10+/m1/s1. The van der Waals surface area contributed by atoms with Crippen molar-refractivity contribution in [1.82, 2.24) is 5.32 Å². The van der Waals surface area contributed by atoms with Gasteiger partial charge in [-0.3, -0.25) is 9.59 Å². The normalized spacial score (nSPS) is 21.7. The maximum atomic E-state index is 13.5. The van der Waals surface area contributed by atoms with E-state index in [0.29, 0.717) is 12.8 Å². The summed E-state index contributed by atoms with van der Waals surface area (Å²) in [4.78, 5) is 22.8. The number of rotatable bonds is 4. The van der Waals surface area contributed by atoms with Crippen molar-refractivity contribution in [3.63, 3.8) is 0 Å². The Hall–Kier alpha value is -1.66. The number of hydrogen-bond donors (Lipinski definition) is 2. The van der Waals surface area contributed by atoms with E-state index in [2.05, 4.69) is 5.32 Å². The zero-order valence-corrected chi connectivity index (χ0v) is 11.3. The predicted molar refractivity (Wildman–Crippen MR) is 70.8 cm³/mol. The fraction of sp³-hybridized carbons (Fsp3) is 0.385. The molecule has 3 N–H and O–H groups in total. The number of hydrogen-bond acceptors (Lipinski definition) is 3. The van der Waals surface area contributed by atoms with Gasteiger partial charge >= 0.3 is 0 Å². The van der Waals surface area contributed by atoms with E-state index in [1.807, 2.05) is 0 Å². The molecule has 2 rings (SSSR count). The second-order valence-corrected chi connectivity index (χ2v) is 4.94. The van der Waals surface area contributed by atoms with Crippen LogP contribution in [-0.2, 0) is 9.53 Å². The van der Waals surface area contributed by atoms with Crippen molar-refractivity contribution in [2.45, 2.75) is 25.0 Å². The fourth-order valence-electron chi connectivity index (χ4n) is 2.07. The van der Waals surface area contributed by atoms with Crippen LogP contribution >= 0.6 is 11.6 Å². The molecule has 1 fully saturated rings. The van der Waals surface area contributed by atoms with Crippen LogP contribution in [0.5, 0.6) is 0 Å². The molecule has 1 heterocycles. The van der Waals surface area contributed by atoms with Crippen LogP contribution < -0.4 is 11.1 Å². The lowest BCUT2D eigenvalue weighted by Crippen LogP contribution is -2.34. The number of halogens is 2. The van der Waals surface area contributed by atoms with E-state index in [9.17, 15) is 14.0 Å². The molecule has 20 heavy (non-hydrogen) atoms. The Morgan fingerprint density at radius 3 is 2.80 bits per heavy atom. The summed E-state index contributed by atoms with van der Waals surface area (Å²) in [7, 11) is 0. The van der Waals surface area contributed by atoms with Crippen molar-refractivity contribution in [1.29, 1.82) is 0 Å². The molecule has 1 aliphatic heterocycles. The molecule has 0 bridgehead atoms. The first-order chi connectivity index (χ1) is 9.49. The molecule has 2 atom stereocenters. The summed E-state index contributed by atoms with van der Waals surface area (Å²) in [6.45, 7) is 0.174. The molecule has 0 spiro atoms. The van der Waals surface area contributed by atoms with Gasteiger partial charge in [-0.25, -0.2) is 4.39 Å². The van der Waals surface area contributed by atoms with Gasteiger partial charge < -0.3 is 15.8 Å². The Bertz CT molecular complexity index is 518. The van der Waals surface area contributed by atoms with Gasteiger partial charge in [0.2, 0.25) is 5.91 Å². The number of benzene rings is 1. The number of primary amides is 1. The van der Waals surface area contributed by atoms with Crippen LogP contribution in [0.2, 0.25) is 5.02 Å². The highest BCUT2D eigenvalue weighted by Crippen LogP contribution is 2.20. The van der Waals surface area contributed by atoms with E-state index >= 15 is 0 Å². The molecule has 1 saturated heterocycles. The van der Waals surface area contributed by atoms with Gasteiger partial charge in [0.25, 0.3) is 5.91 Å². The zero-order valence-electron chi connectivity index (χ0n) is 10.6. The van der Waals surface area contributed by atoms with Gasteiger partial charge in [-0.1, -0.05) is 17.7 Å². The van der Waals surface area contributed by atoms with Crippen molar-refractivity contribution in [2.75, 3.05) is 6.54 Å². The van der Waals surface area contributed by atoms with Crippen LogP contribution in [0.4, 0.5) is 4.39 Å². The third-order valence-corrected chi connectivity index (χ3v) is 3.42. The van der Waals surface area contributed by atoms with Crippen LogP contribution in [0.25, 0.3) is 0 Å². The average Bonchev–Trinajstić information content (AvgIpc) is 2.85. The molecule has 1 aromatic rings. The molecule has 5 nitrogen and oxygen atoms in total. The first-order valence-corrected chi connectivity index (χ1v) is 6.54. The van der Waals surface area contributed by atoms with Crippen LogP contribution in [0.15, 0.2) is 18.2 Å². The van der Waals surface area contributed by atoms with Crippen molar-refractivity contribution in [3.05, 3.63) is 34.6 Å². The smallest absolute Gasteiger partial charge is 0.255 e. The highest BCUT2D eigenvalue weighted by molar-refractivity contribution is 6.33. The highest BCUT2D eigenvalue weighted by Gasteiger charge is 2.29. The largest absolute Gasteiger partial charge is 0.367 e. The monoisotopic (exact) mass is 300 g/mol. The number of amides is 2. The second kappa shape index (κ2) is 6.19. The Labute approximate surface area is 120 Å². The summed E-state index contributed by atoms with van der Waals surface area (Å²) in [5.74, 6) is -1.81. The van der Waals surface area contributed by atoms with Crippen molar-refractivity contribution >= 4 is 23.4 Å². The summed E-state index contributed by atoms with van der Waals surface area (Å²) in [6.07, 6.45) is 0.214. The first-order valence-electron chi connectivity index (χ1n) is 6.16. The Kier molecular flexibility index (Phi) is 4.57. The Morgan fingerprint density at radius 1 is 1.45 bits per heavy atom. The average molecular weight is 301 g/mol. The van der Waals surface area contributed by atoms with Gasteiger partial charge in [0.1, 0.15) is 11.9 Å². The summed E-state index contributed by atoms with van der Waals surface area (Å²) in [5, 5.41) is 2.59. The van der Waals surface area contributed by atoms with Crippen molar-refractivity contribution in [2.24, 2.45) is 5.73 Å². The molecule has 108 valence electrons. The van der Waals surface area contributed by atoms with Crippen LogP contribution in [-0.4, -0.2) is 30.6 Å². The minimum Gasteiger partial charge on any atom is -0.367 e. The molecule has 1 aromatic carbocycles. The predicted octanol–water partition coefficient (Wildman–Crippen LogP) is 1.24. The molecular weight excluding hydrogens is 287 g/mol. The zero-order chi connectivity index (χ0) is 14.7. The minimum absolute atomic E-state index is 0.0462. The number of carbonyl (C=O) groups excluding carboxylic acids is 2. The Balaban J connectivity index is 1.92. The molecule has 0 aliphatic carbocycles. The number of nitrogens with two attached hydrogens (primary N) is 1. The number of nitrogens with one attached hydrogen (secondary N) is 1.